The summed E-state index contributed by atoms with van der Waals surface area (Å²) in [6, 6.07) is 15.3. The molecule has 4 nitrogen and oxygen atoms in total. The van der Waals surface area contributed by atoms with Crippen molar-refractivity contribution in [3.63, 3.8) is 0 Å². The highest BCUT2D eigenvalue weighted by molar-refractivity contribution is 6.38. The Bertz CT molecular complexity index is 664. The van der Waals surface area contributed by atoms with Crippen LogP contribution in [0.5, 0.6) is 0 Å². The molecule has 2 aromatic carbocycles. The van der Waals surface area contributed by atoms with Crippen LogP contribution in [0, 0.1) is 0 Å². The second kappa shape index (κ2) is 9.18. The summed E-state index contributed by atoms with van der Waals surface area (Å²) >= 11 is 12.2. The SMILES string of the molecule is CCNC(=NCc1ccccc1)N/N=C/c1c(Cl)cccc1Cl. The Balaban J connectivity index is 2.03. The fourth-order valence-electron chi connectivity index (χ4n) is 1.84. The molecule has 0 saturated heterocycles. The van der Waals surface area contributed by atoms with E-state index >= 15 is 0 Å². The minimum Gasteiger partial charge on any atom is -0.355 e. The number of nitrogens with one attached hydrogen (secondary N) is 2. The molecule has 0 aliphatic rings. The summed E-state index contributed by atoms with van der Waals surface area (Å²) in [6.07, 6.45) is 1.58. The summed E-state index contributed by atoms with van der Waals surface area (Å²) in [7, 11) is 0. The van der Waals surface area contributed by atoms with Crippen molar-refractivity contribution in [2.75, 3.05) is 6.54 Å². The number of hydrogen-bond acceptors (Lipinski definition) is 2. The van der Waals surface area contributed by atoms with Crippen LogP contribution in [-0.2, 0) is 6.54 Å². The van der Waals surface area contributed by atoms with Crippen LogP contribution in [0.3, 0.4) is 0 Å². The zero-order valence-electron chi connectivity index (χ0n) is 12.8. The van der Waals surface area contributed by atoms with E-state index in [2.05, 4.69) is 20.8 Å². The predicted octanol–water partition coefficient (Wildman–Crippen LogP) is 4.08. The van der Waals surface area contributed by atoms with Gasteiger partial charge in [-0.2, -0.15) is 5.10 Å². The highest BCUT2D eigenvalue weighted by Crippen LogP contribution is 2.21. The summed E-state index contributed by atoms with van der Waals surface area (Å²) in [4.78, 5) is 4.47. The van der Waals surface area contributed by atoms with Gasteiger partial charge in [-0.3, -0.25) is 0 Å². The molecule has 0 spiro atoms. The lowest BCUT2D eigenvalue weighted by molar-refractivity contribution is 0.855. The molecule has 0 saturated carbocycles. The number of halogens is 2. The van der Waals surface area contributed by atoms with Gasteiger partial charge in [-0.1, -0.05) is 59.6 Å². The van der Waals surface area contributed by atoms with Crippen molar-refractivity contribution in [3.8, 4) is 0 Å². The topological polar surface area (TPSA) is 48.8 Å². The molecule has 2 N–H and O–H groups in total. The van der Waals surface area contributed by atoms with Gasteiger partial charge in [0.15, 0.2) is 0 Å². The van der Waals surface area contributed by atoms with Gasteiger partial charge in [-0.05, 0) is 24.6 Å². The van der Waals surface area contributed by atoms with Gasteiger partial charge in [0.25, 0.3) is 0 Å². The highest BCUT2D eigenvalue weighted by Gasteiger charge is 2.02. The van der Waals surface area contributed by atoms with E-state index in [9.17, 15) is 0 Å². The summed E-state index contributed by atoms with van der Waals surface area (Å²) in [5, 5.41) is 8.39. The number of benzene rings is 2. The average molecular weight is 349 g/mol. The van der Waals surface area contributed by atoms with Crippen molar-refractivity contribution in [2.45, 2.75) is 13.5 Å². The Labute approximate surface area is 146 Å². The van der Waals surface area contributed by atoms with Crippen molar-refractivity contribution in [3.05, 3.63) is 69.7 Å². The van der Waals surface area contributed by atoms with E-state index in [1.807, 2.05) is 37.3 Å². The fraction of sp³-hybridized carbons (Fsp3) is 0.176. The van der Waals surface area contributed by atoms with Gasteiger partial charge in [0.1, 0.15) is 0 Å². The van der Waals surface area contributed by atoms with Gasteiger partial charge >= 0.3 is 0 Å². The zero-order valence-corrected chi connectivity index (χ0v) is 14.3. The number of guanidine groups is 1. The molecule has 0 aliphatic heterocycles. The first kappa shape index (κ1) is 17.3. The highest BCUT2D eigenvalue weighted by atomic mass is 35.5. The van der Waals surface area contributed by atoms with E-state index in [0.29, 0.717) is 28.1 Å². The summed E-state index contributed by atoms with van der Waals surface area (Å²) in [5.41, 5.74) is 4.68. The number of aliphatic imine (C=N–C) groups is 1. The summed E-state index contributed by atoms with van der Waals surface area (Å²) in [5.74, 6) is 0.593. The normalized spacial score (nSPS) is 11.7. The van der Waals surface area contributed by atoms with Gasteiger partial charge in [0, 0.05) is 12.1 Å². The third kappa shape index (κ3) is 5.58. The molecule has 2 aromatic rings. The summed E-state index contributed by atoms with van der Waals surface area (Å²) in [6.45, 7) is 3.30. The molecule has 23 heavy (non-hydrogen) atoms. The molecule has 0 fully saturated rings. The van der Waals surface area contributed by atoms with Gasteiger partial charge in [0.2, 0.25) is 5.96 Å². The van der Waals surface area contributed by atoms with Crippen molar-refractivity contribution >= 4 is 35.4 Å². The molecule has 0 amide bonds. The molecule has 0 heterocycles. The van der Waals surface area contributed by atoms with E-state index in [0.717, 1.165) is 12.1 Å². The average Bonchev–Trinajstić information content (AvgIpc) is 2.56. The molecular weight excluding hydrogens is 331 g/mol. The first-order valence-electron chi connectivity index (χ1n) is 7.26. The number of hydrazone groups is 1. The zero-order chi connectivity index (χ0) is 16.5. The Kier molecular flexibility index (Phi) is 6.91. The Morgan fingerprint density at radius 2 is 1.74 bits per heavy atom. The van der Waals surface area contributed by atoms with Gasteiger partial charge in [-0.15, -0.1) is 0 Å². The van der Waals surface area contributed by atoms with Crippen LogP contribution in [0.15, 0.2) is 58.6 Å². The van der Waals surface area contributed by atoms with Gasteiger partial charge in [0.05, 0.1) is 22.8 Å². The molecule has 120 valence electrons. The maximum Gasteiger partial charge on any atom is 0.212 e. The van der Waals surface area contributed by atoms with Crippen molar-refractivity contribution in [2.24, 2.45) is 10.1 Å². The van der Waals surface area contributed by atoms with Gasteiger partial charge < -0.3 is 5.32 Å². The van der Waals surface area contributed by atoms with Crippen molar-refractivity contribution in [1.82, 2.24) is 10.7 Å². The second-order valence-corrected chi connectivity index (χ2v) is 5.50. The second-order valence-electron chi connectivity index (χ2n) is 4.69. The molecule has 0 atom stereocenters. The van der Waals surface area contributed by atoms with Crippen LogP contribution < -0.4 is 10.7 Å². The van der Waals surface area contributed by atoms with Crippen LogP contribution >= 0.6 is 23.2 Å². The van der Waals surface area contributed by atoms with E-state index in [1.54, 1.807) is 24.4 Å². The van der Waals surface area contributed by atoms with Crippen LogP contribution in [0.4, 0.5) is 0 Å². The van der Waals surface area contributed by atoms with Crippen LogP contribution in [0.1, 0.15) is 18.1 Å². The Hall–Kier alpha value is -2.04. The number of rotatable bonds is 5. The van der Waals surface area contributed by atoms with Crippen LogP contribution in [0.25, 0.3) is 0 Å². The molecule has 0 aliphatic carbocycles. The molecule has 2 rings (SSSR count). The first-order chi connectivity index (χ1) is 11.2. The predicted molar refractivity (Wildman–Crippen MR) is 98.4 cm³/mol. The van der Waals surface area contributed by atoms with Crippen LogP contribution in [-0.4, -0.2) is 18.7 Å². The van der Waals surface area contributed by atoms with Gasteiger partial charge in [-0.25, -0.2) is 10.4 Å². The Morgan fingerprint density at radius 3 is 2.39 bits per heavy atom. The maximum absolute atomic E-state index is 6.10. The first-order valence-corrected chi connectivity index (χ1v) is 8.01. The maximum atomic E-state index is 6.10. The van der Waals surface area contributed by atoms with E-state index in [4.69, 9.17) is 23.2 Å². The lowest BCUT2D eigenvalue weighted by Gasteiger charge is -2.07. The van der Waals surface area contributed by atoms with E-state index in [1.165, 1.54) is 0 Å². The molecule has 0 aromatic heterocycles. The minimum absolute atomic E-state index is 0.550. The third-order valence-electron chi connectivity index (χ3n) is 2.97. The summed E-state index contributed by atoms with van der Waals surface area (Å²) < 4.78 is 0. The lowest BCUT2D eigenvalue weighted by atomic mass is 10.2. The quantitative estimate of drug-likeness (QED) is 0.485. The van der Waals surface area contributed by atoms with E-state index < -0.39 is 0 Å². The smallest absolute Gasteiger partial charge is 0.212 e. The minimum atomic E-state index is 0.550. The fourth-order valence-corrected chi connectivity index (χ4v) is 2.34. The third-order valence-corrected chi connectivity index (χ3v) is 3.63. The molecule has 0 radical (unpaired) electrons. The number of hydrogen-bond donors (Lipinski definition) is 2. The van der Waals surface area contributed by atoms with Crippen molar-refractivity contribution < 1.29 is 0 Å². The Morgan fingerprint density at radius 1 is 1.04 bits per heavy atom. The molecular formula is C17H18Cl2N4. The monoisotopic (exact) mass is 348 g/mol. The van der Waals surface area contributed by atoms with Crippen molar-refractivity contribution in [1.29, 1.82) is 0 Å². The van der Waals surface area contributed by atoms with E-state index in [-0.39, 0.29) is 0 Å². The van der Waals surface area contributed by atoms with Crippen LogP contribution in [0.2, 0.25) is 10.0 Å². The largest absolute Gasteiger partial charge is 0.355 e. The lowest BCUT2D eigenvalue weighted by Crippen LogP contribution is -2.34. The standard InChI is InChI=1S/C17H18Cl2N4/c1-2-20-17(21-11-13-7-4-3-5-8-13)23-22-12-14-15(18)9-6-10-16(14)19/h3-10,12H,2,11H2,1H3,(H2,20,21,23)/b22-12+. The molecule has 0 bridgehead atoms. The number of nitrogens with zero attached hydrogens (tertiary/aromatic N) is 2. The molecule has 0 unspecified atom stereocenters. The molecule has 6 heteroatoms.